The van der Waals surface area contributed by atoms with E-state index >= 15 is 0 Å². The first-order valence-corrected chi connectivity index (χ1v) is 9.98. The predicted octanol–water partition coefficient (Wildman–Crippen LogP) is 3.68. The number of fused-ring (bicyclic) bond motifs is 1. The summed E-state index contributed by atoms with van der Waals surface area (Å²) in [6, 6.07) is 14.9. The van der Waals surface area contributed by atoms with Crippen LogP contribution in [-0.2, 0) is 4.79 Å². The summed E-state index contributed by atoms with van der Waals surface area (Å²) in [5.41, 5.74) is 2.09. The Kier molecular flexibility index (Phi) is 5.61. The fraction of sp³-hybridized carbons (Fsp3) is 0.304. The van der Waals surface area contributed by atoms with E-state index in [4.69, 9.17) is 9.47 Å². The van der Waals surface area contributed by atoms with Crippen LogP contribution in [0.1, 0.15) is 23.3 Å². The zero-order chi connectivity index (χ0) is 21.1. The number of amides is 2. The van der Waals surface area contributed by atoms with Crippen LogP contribution in [-0.4, -0.2) is 49.0 Å². The van der Waals surface area contributed by atoms with Crippen LogP contribution < -0.4 is 14.8 Å². The fourth-order valence-electron chi connectivity index (χ4n) is 3.86. The number of aromatic nitrogens is 1. The summed E-state index contributed by atoms with van der Waals surface area (Å²) in [5.74, 6) is 0.739. The number of carbonyl (C=O) groups is 2. The van der Waals surface area contributed by atoms with Gasteiger partial charge in [-0.15, -0.1) is 0 Å². The number of anilines is 1. The number of nitrogens with zero attached hydrogens (tertiary/aromatic N) is 1. The summed E-state index contributed by atoms with van der Waals surface area (Å²) >= 11 is 0. The van der Waals surface area contributed by atoms with Crippen molar-refractivity contribution in [3.8, 4) is 11.5 Å². The fourth-order valence-corrected chi connectivity index (χ4v) is 3.86. The Morgan fingerprint density at radius 1 is 1.07 bits per heavy atom. The number of likely N-dealkylation sites (tertiary alicyclic amines) is 1. The molecule has 2 heterocycles. The van der Waals surface area contributed by atoms with Crippen molar-refractivity contribution < 1.29 is 19.1 Å². The van der Waals surface area contributed by atoms with E-state index in [0.29, 0.717) is 36.0 Å². The van der Waals surface area contributed by atoms with Gasteiger partial charge >= 0.3 is 0 Å². The Bertz CT molecular complexity index is 1020. The minimum Gasteiger partial charge on any atom is -0.497 e. The van der Waals surface area contributed by atoms with E-state index in [0.717, 1.165) is 23.7 Å². The maximum atomic E-state index is 13.0. The van der Waals surface area contributed by atoms with Gasteiger partial charge < -0.3 is 24.7 Å². The third kappa shape index (κ3) is 4.10. The van der Waals surface area contributed by atoms with Crippen LogP contribution in [0, 0.1) is 5.92 Å². The summed E-state index contributed by atoms with van der Waals surface area (Å²) in [6.07, 6.45) is 1.52. The molecule has 0 saturated carbocycles. The number of carbonyl (C=O) groups excluding carboxylic acids is 2. The topological polar surface area (TPSA) is 83.7 Å². The monoisotopic (exact) mass is 407 g/mol. The minimum atomic E-state index is -0.274. The number of piperidine rings is 1. The molecule has 1 saturated heterocycles. The van der Waals surface area contributed by atoms with Crippen LogP contribution in [0.25, 0.3) is 10.9 Å². The number of para-hydroxylation sites is 1. The average molecular weight is 407 g/mol. The van der Waals surface area contributed by atoms with Crippen LogP contribution in [0.15, 0.2) is 48.5 Å². The van der Waals surface area contributed by atoms with E-state index in [1.54, 1.807) is 37.3 Å². The largest absolute Gasteiger partial charge is 0.497 e. The highest BCUT2D eigenvalue weighted by Crippen LogP contribution is 2.27. The van der Waals surface area contributed by atoms with Gasteiger partial charge in [0.05, 0.1) is 20.1 Å². The SMILES string of the molecule is COc1cc(NC(=O)[C@@H]2CCCN(C(=O)c3cc4ccccc4[nH]3)C2)cc(OC)c1. The molecule has 2 N–H and O–H groups in total. The number of benzene rings is 2. The van der Waals surface area contributed by atoms with E-state index < -0.39 is 0 Å². The van der Waals surface area contributed by atoms with Crippen LogP contribution in [0.3, 0.4) is 0 Å². The Morgan fingerprint density at radius 3 is 2.50 bits per heavy atom. The van der Waals surface area contributed by atoms with Gasteiger partial charge in [0.1, 0.15) is 17.2 Å². The standard InChI is InChI=1S/C23H25N3O4/c1-29-18-11-17(12-19(13-18)30-2)24-22(27)16-7-5-9-26(14-16)23(28)21-10-15-6-3-4-8-20(15)25-21/h3-4,6,8,10-13,16,25H,5,7,9,14H2,1-2H3,(H,24,27)/t16-/m1/s1. The highest BCUT2D eigenvalue weighted by molar-refractivity contribution is 5.99. The molecule has 1 aliphatic heterocycles. The van der Waals surface area contributed by atoms with Crippen LogP contribution >= 0.6 is 0 Å². The van der Waals surface area contributed by atoms with Crippen LogP contribution in [0.4, 0.5) is 5.69 Å². The highest BCUT2D eigenvalue weighted by atomic mass is 16.5. The van der Waals surface area contributed by atoms with Crippen LogP contribution in [0.5, 0.6) is 11.5 Å². The maximum absolute atomic E-state index is 13.0. The molecule has 7 nitrogen and oxygen atoms in total. The molecule has 7 heteroatoms. The van der Waals surface area contributed by atoms with Gasteiger partial charge in [-0.25, -0.2) is 0 Å². The Hall–Kier alpha value is -3.48. The lowest BCUT2D eigenvalue weighted by molar-refractivity contribution is -0.121. The molecule has 1 fully saturated rings. The van der Waals surface area contributed by atoms with Crippen molar-refractivity contribution >= 4 is 28.4 Å². The second-order valence-electron chi connectivity index (χ2n) is 7.45. The van der Waals surface area contributed by atoms with Crippen molar-refractivity contribution in [1.29, 1.82) is 0 Å². The number of H-pyrrole nitrogens is 1. The smallest absolute Gasteiger partial charge is 0.270 e. The number of hydrogen-bond donors (Lipinski definition) is 2. The number of nitrogens with one attached hydrogen (secondary N) is 2. The summed E-state index contributed by atoms with van der Waals surface area (Å²) in [6.45, 7) is 1.03. The molecule has 1 atom stereocenters. The first-order valence-electron chi connectivity index (χ1n) is 9.98. The molecule has 0 radical (unpaired) electrons. The van der Waals surface area contributed by atoms with Crippen molar-refractivity contribution in [2.75, 3.05) is 32.6 Å². The first kappa shape index (κ1) is 19.8. The van der Waals surface area contributed by atoms with Crippen LogP contribution in [0.2, 0.25) is 0 Å². The van der Waals surface area contributed by atoms with Crippen molar-refractivity contribution in [2.45, 2.75) is 12.8 Å². The third-order valence-corrected chi connectivity index (χ3v) is 5.46. The van der Waals surface area contributed by atoms with E-state index in [9.17, 15) is 9.59 Å². The molecule has 2 aromatic carbocycles. The number of aromatic amines is 1. The van der Waals surface area contributed by atoms with Crippen molar-refractivity contribution in [3.63, 3.8) is 0 Å². The van der Waals surface area contributed by atoms with Crippen molar-refractivity contribution in [2.24, 2.45) is 5.92 Å². The molecule has 30 heavy (non-hydrogen) atoms. The summed E-state index contributed by atoms with van der Waals surface area (Å²) < 4.78 is 10.5. The minimum absolute atomic E-state index is 0.0771. The molecule has 3 aromatic rings. The lowest BCUT2D eigenvalue weighted by Gasteiger charge is -2.31. The zero-order valence-electron chi connectivity index (χ0n) is 17.1. The summed E-state index contributed by atoms with van der Waals surface area (Å²) in [5, 5.41) is 3.94. The number of methoxy groups -OCH3 is 2. The van der Waals surface area contributed by atoms with Gasteiger partial charge in [-0.1, -0.05) is 18.2 Å². The number of hydrogen-bond acceptors (Lipinski definition) is 4. The Morgan fingerprint density at radius 2 is 1.80 bits per heavy atom. The van der Waals surface area contributed by atoms with E-state index in [1.165, 1.54) is 0 Å². The first-order chi connectivity index (χ1) is 14.6. The molecule has 156 valence electrons. The van der Waals surface area contributed by atoms with Gasteiger partial charge in [-0.2, -0.15) is 0 Å². The molecule has 0 unspecified atom stereocenters. The quantitative estimate of drug-likeness (QED) is 0.676. The molecule has 1 aromatic heterocycles. The van der Waals surface area contributed by atoms with E-state index in [1.807, 2.05) is 30.3 Å². The molecule has 4 rings (SSSR count). The maximum Gasteiger partial charge on any atom is 0.270 e. The van der Waals surface area contributed by atoms with Gasteiger partial charge in [0.2, 0.25) is 5.91 Å². The molecule has 0 spiro atoms. The van der Waals surface area contributed by atoms with Crippen molar-refractivity contribution in [3.05, 3.63) is 54.2 Å². The third-order valence-electron chi connectivity index (χ3n) is 5.46. The molecule has 0 aliphatic carbocycles. The second-order valence-corrected chi connectivity index (χ2v) is 7.45. The Labute approximate surface area is 175 Å². The lowest BCUT2D eigenvalue weighted by Crippen LogP contribution is -2.43. The van der Waals surface area contributed by atoms with Gasteiger partial charge in [0, 0.05) is 47.9 Å². The van der Waals surface area contributed by atoms with Gasteiger partial charge in [-0.05, 0) is 25.0 Å². The molecule has 2 amide bonds. The molecular formula is C23H25N3O4. The molecule has 0 bridgehead atoms. The van der Waals surface area contributed by atoms with Gasteiger partial charge in [-0.3, -0.25) is 9.59 Å². The normalized spacial score (nSPS) is 16.3. The second kappa shape index (κ2) is 8.49. The average Bonchev–Trinajstić information content (AvgIpc) is 3.22. The number of ether oxygens (including phenoxy) is 2. The van der Waals surface area contributed by atoms with E-state index in [-0.39, 0.29) is 17.7 Å². The zero-order valence-corrected chi connectivity index (χ0v) is 17.1. The van der Waals surface area contributed by atoms with E-state index in [2.05, 4.69) is 10.3 Å². The summed E-state index contributed by atoms with van der Waals surface area (Å²) in [7, 11) is 3.13. The summed E-state index contributed by atoms with van der Waals surface area (Å²) in [4.78, 5) is 30.8. The molecule has 1 aliphatic rings. The molecular weight excluding hydrogens is 382 g/mol. The highest BCUT2D eigenvalue weighted by Gasteiger charge is 2.29. The number of rotatable bonds is 5. The lowest BCUT2D eigenvalue weighted by atomic mass is 9.96. The predicted molar refractivity (Wildman–Crippen MR) is 115 cm³/mol. The van der Waals surface area contributed by atoms with Gasteiger partial charge in [0.25, 0.3) is 5.91 Å². The van der Waals surface area contributed by atoms with Crippen molar-refractivity contribution in [1.82, 2.24) is 9.88 Å². The van der Waals surface area contributed by atoms with Gasteiger partial charge in [0.15, 0.2) is 0 Å². The Balaban J connectivity index is 1.45.